The summed E-state index contributed by atoms with van der Waals surface area (Å²) < 4.78 is 5.31. The zero-order chi connectivity index (χ0) is 19.0. The third kappa shape index (κ3) is 3.11. The van der Waals surface area contributed by atoms with Gasteiger partial charge >= 0.3 is 0 Å². The number of hydroxylamine groups is 2. The fraction of sp³-hybridized carbons (Fsp3) is 0.409. The molecule has 2 aromatic rings. The molecule has 1 saturated heterocycles. The van der Waals surface area contributed by atoms with Gasteiger partial charge in [0.15, 0.2) is 0 Å². The number of piperidine rings is 1. The highest BCUT2D eigenvalue weighted by Gasteiger charge is 2.46. The number of carbonyl (C=O) groups is 1. The monoisotopic (exact) mass is 366 g/mol. The first-order valence-corrected chi connectivity index (χ1v) is 9.48. The van der Waals surface area contributed by atoms with Crippen molar-refractivity contribution < 1.29 is 14.4 Å². The molecule has 27 heavy (non-hydrogen) atoms. The fourth-order valence-electron chi connectivity index (χ4n) is 4.61. The lowest BCUT2D eigenvalue weighted by atomic mass is 9.74. The number of nitrogens with zero attached hydrogens (tertiary/aromatic N) is 1. The van der Waals surface area contributed by atoms with Gasteiger partial charge in [-0.1, -0.05) is 30.3 Å². The Bertz CT molecular complexity index is 821. The molecule has 1 amide bonds. The van der Waals surface area contributed by atoms with E-state index in [1.165, 1.54) is 5.56 Å². The molecule has 5 nitrogen and oxygen atoms in total. The average molecular weight is 366 g/mol. The number of amides is 1. The number of hydrogen-bond acceptors (Lipinski definition) is 4. The van der Waals surface area contributed by atoms with Gasteiger partial charge in [0.1, 0.15) is 5.75 Å². The van der Waals surface area contributed by atoms with Crippen molar-refractivity contribution in [2.24, 2.45) is 5.92 Å². The van der Waals surface area contributed by atoms with Gasteiger partial charge < -0.3 is 10.1 Å². The number of methoxy groups -OCH3 is 1. The second kappa shape index (κ2) is 7.33. The minimum Gasteiger partial charge on any atom is -0.497 e. The Morgan fingerprint density at radius 3 is 2.52 bits per heavy atom. The molecule has 1 N–H and O–H groups in total. The maximum Gasteiger partial charge on any atom is 0.278 e. The maximum absolute atomic E-state index is 12.8. The summed E-state index contributed by atoms with van der Waals surface area (Å²) in [5.74, 6) is 1.36. The van der Waals surface area contributed by atoms with Crippen LogP contribution in [-0.2, 0) is 4.84 Å². The Labute approximate surface area is 160 Å². The molecule has 142 valence electrons. The zero-order valence-corrected chi connectivity index (χ0v) is 16.0. The molecule has 0 spiro atoms. The van der Waals surface area contributed by atoms with Gasteiger partial charge in [0.2, 0.25) is 0 Å². The van der Waals surface area contributed by atoms with Gasteiger partial charge in [-0.2, -0.15) is 0 Å². The smallest absolute Gasteiger partial charge is 0.278 e. The van der Waals surface area contributed by atoms with Crippen molar-refractivity contribution in [3.8, 4) is 5.75 Å². The number of fused-ring (bicyclic) bond motifs is 1. The van der Waals surface area contributed by atoms with E-state index in [0.717, 1.165) is 29.8 Å². The molecule has 0 bridgehead atoms. The molecule has 2 unspecified atom stereocenters. The summed E-state index contributed by atoms with van der Waals surface area (Å²) in [7, 11) is 3.26. The summed E-state index contributed by atoms with van der Waals surface area (Å²) in [6.45, 7) is 3.05. The first-order valence-electron chi connectivity index (χ1n) is 9.48. The zero-order valence-electron chi connectivity index (χ0n) is 16.0. The molecule has 2 aliphatic rings. The van der Waals surface area contributed by atoms with E-state index in [1.807, 2.05) is 30.3 Å². The Balaban J connectivity index is 1.74. The topological polar surface area (TPSA) is 50.8 Å². The van der Waals surface area contributed by atoms with E-state index in [9.17, 15) is 4.79 Å². The van der Waals surface area contributed by atoms with Gasteiger partial charge in [0.25, 0.3) is 5.91 Å². The van der Waals surface area contributed by atoms with E-state index in [4.69, 9.17) is 9.57 Å². The summed E-state index contributed by atoms with van der Waals surface area (Å²) in [5.41, 5.74) is 3.09. The number of ether oxygens (including phenoxy) is 1. The largest absolute Gasteiger partial charge is 0.497 e. The van der Waals surface area contributed by atoms with Gasteiger partial charge in [0, 0.05) is 24.1 Å². The normalized spacial score (nSPS) is 27.5. The SMILES string of the molecule is COc1ccc([C@H]2CC(C)NC[C@@H]2C2c3ccccc3C(=O)N2OC)cc1. The van der Waals surface area contributed by atoms with Crippen molar-refractivity contribution in [1.82, 2.24) is 10.4 Å². The van der Waals surface area contributed by atoms with Crippen LogP contribution in [-0.4, -0.2) is 37.8 Å². The third-order valence-corrected chi connectivity index (χ3v) is 5.94. The lowest BCUT2D eigenvalue weighted by Gasteiger charge is -2.41. The van der Waals surface area contributed by atoms with Crippen molar-refractivity contribution >= 4 is 5.91 Å². The molecule has 0 aromatic heterocycles. The Morgan fingerprint density at radius 1 is 1.07 bits per heavy atom. The van der Waals surface area contributed by atoms with Crippen molar-refractivity contribution in [2.45, 2.75) is 31.3 Å². The van der Waals surface area contributed by atoms with Crippen LogP contribution < -0.4 is 10.1 Å². The first kappa shape index (κ1) is 18.0. The molecule has 2 aromatic carbocycles. The van der Waals surface area contributed by atoms with E-state index in [-0.39, 0.29) is 17.9 Å². The van der Waals surface area contributed by atoms with Crippen LogP contribution in [0.4, 0.5) is 0 Å². The van der Waals surface area contributed by atoms with Crippen LogP contribution in [0.15, 0.2) is 48.5 Å². The second-order valence-corrected chi connectivity index (χ2v) is 7.43. The predicted molar refractivity (Wildman–Crippen MR) is 104 cm³/mol. The minimum absolute atomic E-state index is 0.0507. The lowest BCUT2D eigenvalue weighted by Crippen LogP contribution is -2.46. The van der Waals surface area contributed by atoms with Crippen LogP contribution in [0.1, 0.15) is 46.8 Å². The van der Waals surface area contributed by atoms with Crippen LogP contribution in [0.3, 0.4) is 0 Å². The maximum atomic E-state index is 12.8. The fourth-order valence-corrected chi connectivity index (χ4v) is 4.61. The highest BCUT2D eigenvalue weighted by atomic mass is 16.7. The van der Waals surface area contributed by atoms with E-state index in [1.54, 1.807) is 19.3 Å². The van der Waals surface area contributed by atoms with Crippen molar-refractivity contribution in [3.63, 3.8) is 0 Å². The van der Waals surface area contributed by atoms with Crippen LogP contribution in [0.2, 0.25) is 0 Å². The predicted octanol–water partition coefficient (Wildman–Crippen LogP) is 3.54. The number of carbonyl (C=O) groups excluding carboxylic acids is 1. The van der Waals surface area contributed by atoms with Crippen LogP contribution in [0, 0.1) is 5.92 Å². The molecule has 0 saturated carbocycles. The Kier molecular flexibility index (Phi) is 4.89. The second-order valence-electron chi connectivity index (χ2n) is 7.43. The van der Waals surface area contributed by atoms with E-state index < -0.39 is 0 Å². The number of benzene rings is 2. The molecule has 0 radical (unpaired) electrons. The highest BCUT2D eigenvalue weighted by molar-refractivity contribution is 5.98. The Morgan fingerprint density at radius 2 is 1.81 bits per heavy atom. The third-order valence-electron chi connectivity index (χ3n) is 5.94. The summed E-state index contributed by atoms with van der Waals surface area (Å²) in [5, 5.41) is 5.16. The molecule has 4 atom stereocenters. The number of nitrogens with one attached hydrogen (secondary N) is 1. The summed E-state index contributed by atoms with van der Waals surface area (Å²) in [6.07, 6.45) is 1.02. The van der Waals surface area contributed by atoms with E-state index >= 15 is 0 Å². The summed E-state index contributed by atoms with van der Waals surface area (Å²) >= 11 is 0. The standard InChI is InChI=1S/C22H26N2O3/c1-14-12-19(15-8-10-16(26-2)11-9-15)20(13-23-14)21-17-6-4-5-7-18(17)22(25)24(21)27-3/h4-11,14,19-21,23H,12-13H2,1-3H3/t14?,19-,20+,21?/m1/s1. The van der Waals surface area contributed by atoms with Gasteiger partial charge in [-0.15, -0.1) is 0 Å². The molecular formula is C22H26N2O3. The molecule has 4 rings (SSSR count). The van der Waals surface area contributed by atoms with Crippen molar-refractivity contribution in [3.05, 3.63) is 65.2 Å². The molecule has 5 heteroatoms. The van der Waals surface area contributed by atoms with Crippen LogP contribution in [0.25, 0.3) is 0 Å². The van der Waals surface area contributed by atoms with Crippen molar-refractivity contribution in [1.29, 1.82) is 0 Å². The molecule has 2 aliphatic heterocycles. The average Bonchev–Trinajstić information content (AvgIpc) is 3.00. The molecular weight excluding hydrogens is 340 g/mol. The number of hydrogen-bond donors (Lipinski definition) is 1. The van der Waals surface area contributed by atoms with Gasteiger partial charge in [0.05, 0.1) is 20.3 Å². The Hall–Kier alpha value is -2.37. The van der Waals surface area contributed by atoms with Gasteiger partial charge in [-0.25, -0.2) is 5.06 Å². The quantitative estimate of drug-likeness (QED) is 0.899. The first-order chi connectivity index (χ1) is 13.1. The highest BCUT2D eigenvalue weighted by Crippen LogP contribution is 2.47. The van der Waals surface area contributed by atoms with E-state index in [0.29, 0.717) is 12.0 Å². The van der Waals surface area contributed by atoms with Gasteiger partial charge in [-0.3, -0.25) is 9.63 Å². The number of rotatable bonds is 4. The van der Waals surface area contributed by atoms with Crippen LogP contribution >= 0.6 is 0 Å². The summed E-state index contributed by atoms with van der Waals surface area (Å²) in [6, 6.07) is 16.5. The minimum atomic E-state index is -0.0919. The van der Waals surface area contributed by atoms with Crippen LogP contribution in [0.5, 0.6) is 5.75 Å². The lowest BCUT2D eigenvalue weighted by molar-refractivity contribution is -0.135. The molecule has 0 aliphatic carbocycles. The van der Waals surface area contributed by atoms with Crippen molar-refractivity contribution in [2.75, 3.05) is 20.8 Å². The van der Waals surface area contributed by atoms with Gasteiger partial charge in [-0.05, 0) is 48.6 Å². The molecule has 2 heterocycles. The molecule has 1 fully saturated rings. The van der Waals surface area contributed by atoms with E-state index in [2.05, 4.69) is 30.4 Å². The summed E-state index contributed by atoms with van der Waals surface area (Å²) in [4.78, 5) is 18.4.